The number of ether oxygens (including phenoxy) is 2. The lowest BCUT2D eigenvalue weighted by atomic mass is 10.2. The Morgan fingerprint density at radius 3 is 2.92 bits per heavy atom. The summed E-state index contributed by atoms with van der Waals surface area (Å²) in [6.07, 6.45) is 0. The van der Waals surface area contributed by atoms with Gasteiger partial charge in [0.25, 0.3) is 0 Å². The first-order valence-corrected chi connectivity index (χ1v) is 4.00. The van der Waals surface area contributed by atoms with Crippen molar-refractivity contribution in [3.8, 4) is 5.75 Å². The summed E-state index contributed by atoms with van der Waals surface area (Å²) in [7, 11) is 1.34. The second kappa shape index (κ2) is 4.50. The van der Waals surface area contributed by atoms with Gasteiger partial charge in [-0.25, -0.2) is 4.79 Å². The highest BCUT2D eigenvalue weighted by Crippen LogP contribution is 2.13. The first-order chi connectivity index (χ1) is 6.27. The highest BCUT2D eigenvalue weighted by Gasteiger charge is 2.05. The van der Waals surface area contributed by atoms with Crippen LogP contribution in [-0.2, 0) is 4.74 Å². The van der Waals surface area contributed by atoms with Gasteiger partial charge in [0.2, 0.25) is 0 Å². The molecule has 1 rings (SSSR count). The van der Waals surface area contributed by atoms with Crippen molar-refractivity contribution in [2.45, 2.75) is 6.92 Å². The average molecular weight is 179 g/mol. The first-order valence-electron chi connectivity index (χ1n) is 4.00. The molecule has 1 aromatic rings. The second-order valence-electron chi connectivity index (χ2n) is 2.38. The number of rotatable bonds is 3. The molecule has 0 aromatic heterocycles. The van der Waals surface area contributed by atoms with Crippen LogP contribution in [0.25, 0.3) is 0 Å². The third kappa shape index (κ3) is 2.47. The quantitative estimate of drug-likeness (QED) is 0.662. The van der Waals surface area contributed by atoms with Crippen LogP contribution in [0.1, 0.15) is 17.3 Å². The van der Waals surface area contributed by atoms with Crippen LogP contribution in [-0.4, -0.2) is 19.7 Å². The molecule has 0 fully saturated rings. The van der Waals surface area contributed by atoms with Crippen molar-refractivity contribution < 1.29 is 14.3 Å². The van der Waals surface area contributed by atoms with Crippen molar-refractivity contribution in [2.75, 3.05) is 13.7 Å². The van der Waals surface area contributed by atoms with Gasteiger partial charge in [0.1, 0.15) is 5.75 Å². The third-order valence-corrected chi connectivity index (χ3v) is 1.49. The summed E-state index contributed by atoms with van der Waals surface area (Å²) in [6, 6.07) is 7.67. The molecule has 0 N–H and O–H groups in total. The highest BCUT2D eigenvalue weighted by molar-refractivity contribution is 5.89. The Balaban J connectivity index is 2.85. The molecule has 3 nitrogen and oxygen atoms in total. The van der Waals surface area contributed by atoms with Gasteiger partial charge < -0.3 is 9.47 Å². The minimum absolute atomic E-state index is 0.377. The molecule has 13 heavy (non-hydrogen) atoms. The minimum Gasteiger partial charge on any atom is -0.494 e. The lowest BCUT2D eigenvalue weighted by Crippen LogP contribution is -2.01. The Hall–Kier alpha value is -1.51. The van der Waals surface area contributed by atoms with E-state index in [-0.39, 0.29) is 5.97 Å². The second-order valence-corrected chi connectivity index (χ2v) is 2.38. The lowest BCUT2D eigenvalue weighted by Gasteiger charge is -2.03. The average Bonchev–Trinajstić information content (AvgIpc) is 2.18. The van der Waals surface area contributed by atoms with Gasteiger partial charge in [-0.3, -0.25) is 0 Å². The molecule has 0 aliphatic carbocycles. The van der Waals surface area contributed by atoms with Crippen LogP contribution in [0.4, 0.5) is 0 Å². The number of hydrogen-bond donors (Lipinski definition) is 0. The molecule has 0 bridgehead atoms. The number of benzene rings is 1. The summed E-state index contributed by atoms with van der Waals surface area (Å²) >= 11 is 0. The van der Waals surface area contributed by atoms with E-state index in [1.165, 1.54) is 7.11 Å². The summed E-state index contributed by atoms with van der Waals surface area (Å²) in [6.45, 7) is 2.45. The van der Waals surface area contributed by atoms with Crippen LogP contribution in [0.3, 0.4) is 0 Å². The molecule has 3 heteroatoms. The van der Waals surface area contributed by atoms with Crippen LogP contribution < -0.4 is 4.74 Å². The minimum atomic E-state index is -0.377. The van der Waals surface area contributed by atoms with Gasteiger partial charge in [0.05, 0.1) is 19.3 Å². The van der Waals surface area contributed by atoms with Gasteiger partial charge in [-0.2, -0.15) is 0 Å². The molecule has 0 heterocycles. The maximum absolute atomic E-state index is 11.1. The standard InChI is InChI=1S/C10H11O3/c1-3-13-9-6-4-5-8(7-9)10(11)12-2/h5-7H,3H2,1-2H3. The Kier molecular flexibility index (Phi) is 3.31. The summed E-state index contributed by atoms with van der Waals surface area (Å²) in [5.74, 6) is 0.253. The van der Waals surface area contributed by atoms with E-state index in [9.17, 15) is 4.79 Å². The van der Waals surface area contributed by atoms with E-state index in [0.29, 0.717) is 17.9 Å². The zero-order chi connectivity index (χ0) is 9.68. The Labute approximate surface area is 77.3 Å². The maximum atomic E-state index is 11.1. The topological polar surface area (TPSA) is 35.5 Å². The Morgan fingerprint density at radius 1 is 1.54 bits per heavy atom. The largest absolute Gasteiger partial charge is 0.494 e. The fraction of sp³-hybridized carbons (Fsp3) is 0.300. The normalized spacial score (nSPS) is 9.38. The molecule has 0 spiro atoms. The lowest BCUT2D eigenvalue weighted by molar-refractivity contribution is 0.0600. The predicted octanol–water partition coefficient (Wildman–Crippen LogP) is 1.67. The molecule has 0 saturated carbocycles. The van der Waals surface area contributed by atoms with Crippen molar-refractivity contribution in [2.24, 2.45) is 0 Å². The van der Waals surface area contributed by atoms with Gasteiger partial charge in [-0.05, 0) is 31.2 Å². The van der Waals surface area contributed by atoms with E-state index < -0.39 is 0 Å². The summed E-state index contributed by atoms with van der Waals surface area (Å²) in [4.78, 5) is 11.1. The van der Waals surface area contributed by atoms with Gasteiger partial charge >= 0.3 is 5.97 Å². The van der Waals surface area contributed by atoms with E-state index in [2.05, 4.69) is 10.8 Å². The van der Waals surface area contributed by atoms with Crippen molar-refractivity contribution >= 4 is 5.97 Å². The molecule has 0 unspecified atom stereocenters. The first kappa shape index (κ1) is 9.58. The number of carbonyl (C=O) groups is 1. The molecule has 0 amide bonds. The summed E-state index contributed by atoms with van der Waals surface area (Å²) < 4.78 is 9.76. The van der Waals surface area contributed by atoms with Gasteiger partial charge in [-0.1, -0.05) is 0 Å². The van der Waals surface area contributed by atoms with Gasteiger partial charge in [0, 0.05) is 0 Å². The monoisotopic (exact) mass is 179 g/mol. The smallest absolute Gasteiger partial charge is 0.338 e. The van der Waals surface area contributed by atoms with Crippen molar-refractivity contribution in [3.63, 3.8) is 0 Å². The molecule has 0 saturated heterocycles. The Bertz CT molecular complexity index is 294. The maximum Gasteiger partial charge on any atom is 0.338 e. The fourth-order valence-corrected chi connectivity index (χ4v) is 0.936. The molecule has 1 aromatic carbocycles. The molecule has 69 valence electrons. The zero-order valence-electron chi connectivity index (χ0n) is 7.66. The molecule has 1 radical (unpaired) electrons. The number of methoxy groups -OCH3 is 1. The van der Waals surface area contributed by atoms with Gasteiger partial charge in [0.15, 0.2) is 0 Å². The van der Waals surface area contributed by atoms with Crippen molar-refractivity contribution in [1.82, 2.24) is 0 Å². The van der Waals surface area contributed by atoms with E-state index in [1.54, 1.807) is 18.2 Å². The molecular weight excluding hydrogens is 168 g/mol. The van der Waals surface area contributed by atoms with Crippen molar-refractivity contribution in [1.29, 1.82) is 0 Å². The van der Waals surface area contributed by atoms with E-state index >= 15 is 0 Å². The van der Waals surface area contributed by atoms with Crippen LogP contribution in [0.2, 0.25) is 0 Å². The van der Waals surface area contributed by atoms with Crippen LogP contribution >= 0.6 is 0 Å². The molecule has 0 aliphatic heterocycles. The zero-order valence-corrected chi connectivity index (χ0v) is 7.66. The van der Waals surface area contributed by atoms with Gasteiger partial charge in [-0.15, -0.1) is 0 Å². The Morgan fingerprint density at radius 2 is 2.31 bits per heavy atom. The number of carbonyl (C=O) groups excluding carboxylic acids is 1. The van der Waals surface area contributed by atoms with E-state index in [1.807, 2.05) is 6.92 Å². The molecule has 0 atom stereocenters. The third-order valence-electron chi connectivity index (χ3n) is 1.49. The van der Waals surface area contributed by atoms with Crippen LogP contribution in [0.15, 0.2) is 18.2 Å². The van der Waals surface area contributed by atoms with Crippen LogP contribution in [0, 0.1) is 6.07 Å². The predicted molar refractivity (Wildman–Crippen MR) is 47.8 cm³/mol. The summed E-state index contributed by atoms with van der Waals surface area (Å²) in [5.41, 5.74) is 0.452. The van der Waals surface area contributed by atoms with Crippen LogP contribution in [0.5, 0.6) is 5.75 Å². The summed E-state index contributed by atoms with van der Waals surface area (Å²) in [5, 5.41) is 0. The SMILES string of the molecule is CCOc1c[c]cc(C(=O)OC)c1. The molecular formula is C10H11O3. The number of hydrogen-bond acceptors (Lipinski definition) is 3. The van der Waals surface area contributed by atoms with E-state index in [0.717, 1.165) is 0 Å². The fourth-order valence-electron chi connectivity index (χ4n) is 0.936. The molecule has 0 aliphatic rings. The van der Waals surface area contributed by atoms with Crippen molar-refractivity contribution in [3.05, 3.63) is 29.8 Å². The number of esters is 1. The van der Waals surface area contributed by atoms with E-state index in [4.69, 9.17) is 4.74 Å². The highest BCUT2D eigenvalue weighted by atomic mass is 16.5.